The number of fused-ring (bicyclic) bond motifs is 4. The van der Waals surface area contributed by atoms with Crippen molar-refractivity contribution in [2.45, 2.75) is 77.5 Å². The van der Waals surface area contributed by atoms with E-state index in [4.69, 9.17) is 18.6 Å². The van der Waals surface area contributed by atoms with E-state index in [2.05, 4.69) is 20.9 Å². The van der Waals surface area contributed by atoms with Gasteiger partial charge in [0, 0.05) is 23.2 Å². The van der Waals surface area contributed by atoms with Crippen LogP contribution in [0, 0.1) is 17.2 Å². The first-order valence-electron chi connectivity index (χ1n) is 15.5. The fraction of sp³-hybridized carbons (Fsp3) is 0.412. The Balaban J connectivity index is 1.51. The molecule has 1 unspecified atom stereocenters. The largest absolute Gasteiger partial charge is 0.469 e. The lowest BCUT2D eigenvalue weighted by Gasteiger charge is -2.32. The molecule has 47 heavy (non-hydrogen) atoms. The highest BCUT2D eigenvalue weighted by Gasteiger charge is 2.61. The van der Waals surface area contributed by atoms with Crippen LogP contribution in [0.5, 0.6) is 5.75 Å². The highest BCUT2D eigenvalue weighted by molar-refractivity contribution is 5.90. The maximum atomic E-state index is 15.1. The van der Waals surface area contributed by atoms with Crippen LogP contribution >= 0.6 is 0 Å². The first kappa shape index (κ1) is 30.9. The molecule has 0 radical (unpaired) electrons. The number of ether oxygens (including phenoxy) is 1. The van der Waals surface area contributed by atoms with E-state index in [0.717, 1.165) is 0 Å². The summed E-state index contributed by atoms with van der Waals surface area (Å²) in [6.07, 6.45) is -0.720. The molecule has 12 nitrogen and oxygen atoms in total. The molecule has 0 saturated heterocycles. The van der Waals surface area contributed by atoms with Crippen molar-refractivity contribution in [2.75, 3.05) is 5.32 Å². The Bertz CT molecular complexity index is 1900. The van der Waals surface area contributed by atoms with Crippen molar-refractivity contribution in [3.8, 4) is 17.3 Å². The van der Waals surface area contributed by atoms with Gasteiger partial charge < -0.3 is 39.7 Å². The molecule has 1 spiro atoms. The standard InChI is InChI=1S/C34H36FN5O7/c1-15(2)25(42)29(44)37-22-11-16-6-9-23-20(10-16)34(19-12-17(35)7-8-21(19)38-32(34)46-23)27-24(30-36-18(13-41)14-45-30)39-31(47-27)26(33(3,4)5)40-28(22)43/h6-10,12,14-15,22,25-26,32,38,41-42H,11,13H2,1-5H3,(H,37,44)(H,40,43)/t22-,25-,26+,32+,34?/m0/s1. The average molecular weight is 646 g/mol. The monoisotopic (exact) mass is 645 g/mol. The molecular weight excluding hydrogens is 609 g/mol. The van der Waals surface area contributed by atoms with Gasteiger partial charge in [0.05, 0.1) is 6.61 Å². The van der Waals surface area contributed by atoms with Crippen LogP contribution in [0.25, 0.3) is 11.6 Å². The molecule has 4 aromatic rings. The fourth-order valence-electron chi connectivity index (χ4n) is 6.63. The molecule has 2 amide bonds. The van der Waals surface area contributed by atoms with Crippen LogP contribution in [-0.2, 0) is 28.0 Å². The number of anilines is 1. The summed E-state index contributed by atoms with van der Waals surface area (Å²) in [4.78, 5) is 36.4. The van der Waals surface area contributed by atoms with Crippen LogP contribution < -0.4 is 20.7 Å². The van der Waals surface area contributed by atoms with Crippen molar-refractivity contribution in [1.82, 2.24) is 20.6 Å². The zero-order valence-electron chi connectivity index (χ0n) is 26.6. The number of nitrogens with zero attached hydrogens (tertiary/aromatic N) is 2. The zero-order valence-corrected chi connectivity index (χ0v) is 26.6. The minimum atomic E-state index is -1.32. The van der Waals surface area contributed by atoms with Gasteiger partial charge in [-0.2, -0.15) is 0 Å². The third-order valence-electron chi connectivity index (χ3n) is 9.09. The molecule has 5 N–H and O–H groups in total. The molecule has 13 heteroatoms. The Hall–Kier alpha value is -4.75. The van der Waals surface area contributed by atoms with Crippen LogP contribution in [0.15, 0.2) is 51.5 Å². The topological polar surface area (TPSA) is 172 Å². The summed E-state index contributed by atoms with van der Waals surface area (Å²) in [6, 6.07) is 7.93. The van der Waals surface area contributed by atoms with E-state index in [9.17, 15) is 19.8 Å². The number of benzene rings is 2. The summed E-state index contributed by atoms with van der Waals surface area (Å²) < 4.78 is 34.1. The normalized spacial score (nSPS) is 23.5. The molecule has 0 saturated carbocycles. The quantitative estimate of drug-likeness (QED) is 0.216. The smallest absolute Gasteiger partial charge is 0.249 e. The Morgan fingerprint density at radius 1 is 1.15 bits per heavy atom. The molecule has 0 aliphatic carbocycles. The second-order valence-corrected chi connectivity index (χ2v) is 13.8. The van der Waals surface area contributed by atoms with Crippen molar-refractivity contribution in [1.29, 1.82) is 0 Å². The van der Waals surface area contributed by atoms with E-state index in [-0.39, 0.29) is 47.9 Å². The van der Waals surface area contributed by atoms with Gasteiger partial charge in [-0.25, -0.2) is 14.4 Å². The highest BCUT2D eigenvalue weighted by atomic mass is 19.1. The minimum absolute atomic E-state index is 0.0586. The predicted molar refractivity (Wildman–Crippen MR) is 166 cm³/mol. The van der Waals surface area contributed by atoms with Crippen LogP contribution in [0.4, 0.5) is 10.1 Å². The average Bonchev–Trinajstić information content (AvgIpc) is 3.79. The van der Waals surface area contributed by atoms with Gasteiger partial charge in [-0.1, -0.05) is 46.8 Å². The second-order valence-electron chi connectivity index (χ2n) is 13.8. The van der Waals surface area contributed by atoms with Crippen molar-refractivity contribution in [3.63, 3.8) is 0 Å². The first-order chi connectivity index (χ1) is 22.3. The van der Waals surface area contributed by atoms with Gasteiger partial charge in [0.25, 0.3) is 0 Å². The van der Waals surface area contributed by atoms with Crippen LogP contribution in [0.2, 0.25) is 0 Å². The highest BCUT2D eigenvalue weighted by Crippen LogP contribution is 2.59. The van der Waals surface area contributed by atoms with E-state index in [1.54, 1.807) is 32.0 Å². The fourth-order valence-corrected chi connectivity index (χ4v) is 6.63. The molecule has 5 atom stereocenters. The molecule has 7 rings (SSSR count). The van der Waals surface area contributed by atoms with Crippen LogP contribution in [0.3, 0.4) is 0 Å². The maximum absolute atomic E-state index is 15.1. The van der Waals surface area contributed by atoms with E-state index >= 15 is 4.39 Å². The lowest BCUT2D eigenvalue weighted by molar-refractivity contribution is -0.136. The molecule has 0 fully saturated rings. The van der Waals surface area contributed by atoms with E-state index in [1.807, 2.05) is 26.8 Å². The first-order valence-corrected chi connectivity index (χ1v) is 15.5. The Kier molecular flexibility index (Phi) is 7.17. The minimum Gasteiger partial charge on any atom is -0.469 e. The summed E-state index contributed by atoms with van der Waals surface area (Å²) in [5.41, 5.74) is 0.952. The molecule has 5 heterocycles. The summed E-state index contributed by atoms with van der Waals surface area (Å²) >= 11 is 0. The van der Waals surface area contributed by atoms with Crippen molar-refractivity contribution in [2.24, 2.45) is 11.3 Å². The number of oxazole rings is 2. The Labute approximate surface area is 269 Å². The van der Waals surface area contributed by atoms with E-state index in [1.165, 1.54) is 18.4 Å². The van der Waals surface area contributed by atoms with Gasteiger partial charge in [0.2, 0.25) is 23.6 Å². The number of hydrogen-bond acceptors (Lipinski definition) is 10. The third kappa shape index (κ3) is 4.87. The molecule has 2 aromatic heterocycles. The van der Waals surface area contributed by atoms with E-state index in [0.29, 0.717) is 28.1 Å². The summed E-state index contributed by atoms with van der Waals surface area (Å²) in [6.45, 7) is 8.76. The van der Waals surface area contributed by atoms with Crippen molar-refractivity contribution >= 4 is 17.5 Å². The Morgan fingerprint density at radius 3 is 2.64 bits per heavy atom. The number of amides is 2. The van der Waals surface area contributed by atoms with Gasteiger partial charge in [-0.3, -0.25) is 9.59 Å². The van der Waals surface area contributed by atoms with Gasteiger partial charge in [0.15, 0.2) is 17.7 Å². The van der Waals surface area contributed by atoms with Crippen molar-refractivity contribution in [3.05, 3.63) is 82.5 Å². The lowest BCUT2D eigenvalue weighted by atomic mass is 9.72. The molecule has 246 valence electrons. The van der Waals surface area contributed by atoms with Crippen molar-refractivity contribution < 1.29 is 37.8 Å². The molecule has 4 bridgehead atoms. The van der Waals surface area contributed by atoms with E-state index < -0.39 is 52.9 Å². The zero-order chi connectivity index (χ0) is 33.4. The number of aliphatic hydroxyl groups excluding tert-OH is 2. The number of hydrogen-bond donors (Lipinski definition) is 5. The predicted octanol–water partition coefficient (Wildman–Crippen LogP) is 3.70. The Morgan fingerprint density at radius 2 is 1.94 bits per heavy atom. The number of aromatic nitrogens is 2. The number of aliphatic hydroxyl groups is 2. The number of carbonyl (C=O) groups excluding carboxylic acids is 2. The summed E-state index contributed by atoms with van der Waals surface area (Å²) in [5, 5.41) is 29.4. The molecular formula is C34H36FN5O7. The molecule has 3 aliphatic rings. The molecule has 3 aliphatic heterocycles. The molecule has 2 aromatic carbocycles. The number of rotatable bonds is 5. The second kappa shape index (κ2) is 10.9. The third-order valence-corrected chi connectivity index (χ3v) is 9.09. The number of nitrogens with one attached hydrogen (secondary N) is 3. The number of carbonyl (C=O) groups is 2. The van der Waals surface area contributed by atoms with Gasteiger partial charge in [-0.05, 0) is 41.2 Å². The van der Waals surface area contributed by atoms with Gasteiger partial charge in [-0.15, -0.1) is 0 Å². The van der Waals surface area contributed by atoms with Crippen LogP contribution in [-0.4, -0.2) is 50.4 Å². The SMILES string of the molecule is CC(C)[C@H](O)C(=O)N[C@H]1Cc2ccc3c(c2)C2(c4cc(F)ccc4N[C@@H]2O3)c2oc(nc2-c2nc(CO)co2)[C@H](C(C)(C)C)NC1=O. The van der Waals surface area contributed by atoms with Gasteiger partial charge >= 0.3 is 0 Å². The lowest BCUT2D eigenvalue weighted by Crippen LogP contribution is -2.53. The maximum Gasteiger partial charge on any atom is 0.249 e. The van der Waals surface area contributed by atoms with Gasteiger partial charge in [0.1, 0.15) is 47.1 Å². The summed E-state index contributed by atoms with van der Waals surface area (Å²) in [7, 11) is 0. The summed E-state index contributed by atoms with van der Waals surface area (Å²) in [5.74, 6) is -1.09. The van der Waals surface area contributed by atoms with Crippen LogP contribution in [0.1, 0.15) is 74.7 Å². The number of halogens is 1.